The maximum atomic E-state index is 13.1. The van der Waals surface area contributed by atoms with Gasteiger partial charge >= 0.3 is 6.18 Å². The zero-order chi connectivity index (χ0) is 17.7. The second-order valence-corrected chi connectivity index (χ2v) is 5.27. The van der Waals surface area contributed by atoms with Gasteiger partial charge < -0.3 is 10.6 Å². The van der Waals surface area contributed by atoms with Gasteiger partial charge in [0.2, 0.25) is 5.95 Å². The van der Waals surface area contributed by atoms with Gasteiger partial charge in [0.1, 0.15) is 5.82 Å². The van der Waals surface area contributed by atoms with E-state index in [1.165, 1.54) is 30.5 Å². The molecule has 128 valence electrons. The van der Waals surface area contributed by atoms with Gasteiger partial charge in [-0.1, -0.05) is 42.5 Å². The number of aromatic nitrogens is 2. The molecule has 1 aromatic heterocycles. The number of hydrogen-bond donors (Lipinski definition) is 2. The number of anilines is 3. The summed E-state index contributed by atoms with van der Waals surface area (Å²) in [7, 11) is 0. The predicted molar refractivity (Wildman–Crippen MR) is 90.5 cm³/mol. The van der Waals surface area contributed by atoms with Crippen molar-refractivity contribution in [3.05, 3.63) is 78.0 Å². The Bertz CT molecular complexity index is 835. The van der Waals surface area contributed by atoms with E-state index in [4.69, 9.17) is 0 Å². The number of nitrogens with zero attached hydrogens (tertiary/aromatic N) is 2. The third-order valence-corrected chi connectivity index (χ3v) is 3.44. The van der Waals surface area contributed by atoms with Crippen LogP contribution in [0.15, 0.2) is 66.9 Å². The fourth-order valence-electron chi connectivity index (χ4n) is 2.27. The molecule has 2 aromatic carbocycles. The standard InChI is InChI=1S/C18H15F3N4/c19-18(20,21)14-8-4-5-9-15(14)24-16-10-11-22-17(25-16)23-12-13-6-2-1-3-7-13/h1-11H,12H2,(H2,22,23,24,25). The summed E-state index contributed by atoms with van der Waals surface area (Å²) in [6.07, 6.45) is -2.95. The number of nitrogens with one attached hydrogen (secondary N) is 2. The highest BCUT2D eigenvalue weighted by Crippen LogP contribution is 2.35. The first-order valence-electron chi connectivity index (χ1n) is 7.56. The molecular formula is C18H15F3N4. The van der Waals surface area contributed by atoms with Crippen molar-refractivity contribution in [2.24, 2.45) is 0 Å². The van der Waals surface area contributed by atoms with Crippen molar-refractivity contribution in [1.82, 2.24) is 9.97 Å². The summed E-state index contributed by atoms with van der Waals surface area (Å²) in [6, 6.07) is 16.5. The topological polar surface area (TPSA) is 49.8 Å². The smallest absolute Gasteiger partial charge is 0.350 e. The van der Waals surface area contributed by atoms with E-state index in [0.29, 0.717) is 12.5 Å². The van der Waals surface area contributed by atoms with Crippen LogP contribution in [0.1, 0.15) is 11.1 Å². The Morgan fingerprint density at radius 1 is 0.880 bits per heavy atom. The lowest BCUT2D eigenvalue weighted by Gasteiger charge is -2.14. The van der Waals surface area contributed by atoms with Gasteiger partial charge in [-0.15, -0.1) is 0 Å². The summed E-state index contributed by atoms with van der Waals surface area (Å²) in [4.78, 5) is 8.29. The summed E-state index contributed by atoms with van der Waals surface area (Å²) in [5, 5.41) is 5.75. The van der Waals surface area contributed by atoms with Gasteiger partial charge in [0.05, 0.1) is 11.3 Å². The summed E-state index contributed by atoms with van der Waals surface area (Å²) >= 11 is 0. The molecule has 0 saturated carbocycles. The van der Waals surface area contributed by atoms with E-state index in [0.717, 1.165) is 11.6 Å². The van der Waals surface area contributed by atoms with E-state index in [9.17, 15) is 13.2 Å². The minimum Gasteiger partial charge on any atom is -0.350 e. The predicted octanol–water partition coefficient (Wildman–Crippen LogP) is 4.85. The number of para-hydroxylation sites is 1. The normalized spacial score (nSPS) is 11.2. The fourth-order valence-corrected chi connectivity index (χ4v) is 2.27. The highest BCUT2D eigenvalue weighted by Gasteiger charge is 2.33. The molecule has 0 amide bonds. The van der Waals surface area contributed by atoms with E-state index >= 15 is 0 Å². The molecular weight excluding hydrogens is 329 g/mol. The van der Waals surface area contributed by atoms with Crippen molar-refractivity contribution < 1.29 is 13.2 Å². The van der Waals surface area contributed by atoms with Gasteiger partial charge in [-0.25, -0.2) is 4.98 Å². The Hall–Kier alpha value is -3.09. The Kier molecular flexibility index (Phi) is 4.83. The van der Waals surface area contributed by atoms with Crippen LogP contribution in [0.3, 0.4) is 0 Å². The maximum Gasteiger partial charge on any atom is 0.418 e. The molecule has 4 nitrogen and oxygen atoms in total. The number of benzene rings is 2. The lowest BCUT2D eigenvalue weighted by atomic mass is 10.1. The van der Waals surface area contributed by atoms with Crippen molar-refractivity contribution in [3.63, 3.8) is 0 Å². The molecule has 0 spiro atoms. The molecule has 0 aliphatic rings. The summed E-state index contributed by atoms with van der Waals surface area (Å²) < 4.78 is 39.2. The second-order valence-electron chi connectivity index (χ2n) is 5.27. The van der Waals surface area contributed by atoms with Crippen LogP contribution in [0.2, 0.25) is 0 Å². The molecule has 3 rings (SSSR count). The molecule has 0 radical (unpaired) electrons. The van der Waals surface area contributed by atoms with Crippen molar-refractivity contribution in [3.8, 4) is 0 Å². The van der Waals surface area contributed by atoms with Crippen LogP contribution < -0.4 is 10.6 Å². The SMILES string of the molecule is FC(F)(F)c1ccccc1Nc1ccnc(NCc2ccccc2)n1. The molecule has 0 atom stereocenters. The molecule has 25 heavy (non-hydrogen) atoms. The fraction of sp³-hybridized carbons (Fsp3) is 0.111. The molecule has 0 aliphatic carbocycles. The summed E-state index contributed by atoms with van der Waals surface area (Å²) in [5.74, 6) is 0.612. The molecule has 0 bridgehead atoms. The van der Waals surface area contributed by atoms with E-state index in [1.807, 2.05) is 30.3 Å². The molecule has 2 N–H and O–H groups in total. The van der Waals surface area contributed by atoms with Crippen LogP contribution in [-0.2, 0) is 12.7 Å². The quantitative estimate of drug-likeness (QED) is 0.695. The highest BCUT2D eigenvalue weighted by atomic mass is 19.4. The van der Waals surface area contributed by atoms with E-state index < -0.39 is 11.7 Å². The van der Waals surface area contributed by atoms with Crippen molar-refractivity contribution in [1.29, 1.82) is 0 Å². The van der Waals surface area contributed by atoms with Crippen LogP contribution in [-0.4, -0.2) is 9.97 Å². The Labute approximate surface area is 142 Å². The number of halogens is 3. The van der Waals surface area contributed by atoms with Gasteiger partial charge in [-0.05, 0) is 23.8 Å². The van der Waals surface area contributed by atoms with Gasteiger partial charge in [-0.3, -0.25) is 0 Å². The first-order chi connectivity index (χ1) is 12.0. The van der Waals surface area contributed by atoms with E-state index in [-0.39, 0.29) is 11.5 Å². The van der Waals surface area contributed by atoms with Gasteiger partial charge in [-0.2, -0.15) is 18.2 Å². The van der Waals surface area contributed by atoms with Crippen LogP contribution in [0.4, 0.5) is 30.6 Å². The van der Waals surface area contributed by atoms with E-state index in [1.54, 1.807) is 0 Å². The van der Waals surface area contributed by atoms with Crippen LogP contribution in [0.25, 0.3) is 0 Å². The zero-order valence-electron chi connectivity index (χ0n) is 13.1. The minimum absolute atomic E-state index is 0.0530. The Morgan fingerprint density at radius 3 is 2.36 bits per heavy atom. The highest BCUT2D eigenvalue weighted by molar-refractivity contribution is 5.61. The van der Waals surface area contributed by atoms with Crippen LogP contribution in [0.5, 0.6) is 0 Å². The monoisotopic (exact) mass is 344 g/mol. The third-order valence-electron chi connectivity index (χ3n) is 3.44. The van der Waals surface area contributed by atoms with Gasteiger partial charge in [0.25, 0.3) is 0 Å². The van der Waals surface area contributed by atoms with Crippen molar-refractivity contribution >= 4 is 17.5 Å². The lowest BCUT2D eigenvalue weighted by Crippen LogP contribution is -2.09. The third kappa shape index (κ3) is 4.47. The molecule has 1 heterocycles. The average molecular weight is 344 g/mol. The maximum absolute atomic E-state index is 13.1. The Morgan fingerprint density at radius 2 is 1.60 bits per heavy atom. The summed E-state index contributed by atoms with van der Waals surface area (Å²) in [6.45, 7) is 0.517. The molecule has 3 aromatic rings. The largest absolute Gasteiger partial charge is 0.418 e. The molecule has 0 unspecified atom stereocenters. The van der Waals surface area contributed by atoms with Crippen LogP contribution >= 0.6 is 0 Å². The zero-order valence-corrected chi connectivity index (χ0v) is 13.1. The summed E-state index contributed by atoms with van der Waals surface area (Å²) in [5.41, 5.74) is 0.252. The first-order valence-corrected chi connectivity index (χ1v) is 7.56. The van der Waals surface area contributed by atoms with Crippen molar-refractivity contribution in [2.45, 2.75) is 12.7 Å². The van der Waals surface area contributed by atoms with E-state index in [2.05, 4.69) is 20.6 Å². The molecule has 0 fully saturated rings. The molecule has 0 saturated heterocycles. The molecule has 0 aliphatic heterocycles. The number of alkyl halides is 3. The lowest BCUT2D eigenvalue weighted by molar-refractivity contribution is -0.136. The molecule has 7 heteroatoms. The van der Waals surface area contributed by atoms with Gasteiger partial charge in [0.15, 0.2) is 0 Å². The van der Waals surface area contributed by atoms with Crippen molar-refractivity contribution in [2.75, 3.05) is 10.6 Å². The minimum atomic E-state index is -4.44. The average Bonchev–Trinajstić information content (AvgIpc) is 2.61. The number of hydrogen-bond acceptors (Lipinski definition) is 4. The van der Waals surface area contributed by atoms with Crippen LogP contribution in [0, 0.1) is 0 Å². The number of rotatable bonds is 5. The first kappa shape index (κ1) is 16.8. The van der Waals surface area contributed by atoms with Gasteiger partial charge in [0, 0.05) is 12.7 Å². The Balaban J connectivity index is 1.74. The second kappa shape index (κ2) is 7.21.